The average Bonchev–Trinajstić information content (AvgIpc) is 2.35. The second kappa shape index (κ2) is 5.50. The SMILES string of the molecule is CC1(C)CCC(NS(=O)(=O)c2cnc(N)c(Cl)c2)CC1. The number of rotatable bonds is 3. The highest BCUT2D eigenvalue weighted by Crippen LogP contribution is 2.35. The number of anilines is 1. The molecule has 0 bridgehead atoms. The van der Waals surface area contributed by atoms with Crippen molar-refractivity contribution in [2.45, 2.75) is 50.5 Å². The number of hydrogen-bond donors (Lipinski definition) is 2. The predicted octanol–water partition coefficient (Wildman–Crippen LogP) is 2.56. The zero-order chi connectivity index (χ0) is 15.0. The van der Waals surface area contributed by atoms with Crippen LogP contribution in [-0.4, -0.2) is 19.4 Å². The van der Waals surface area contributed by atoms with Crippen molar-refractivity contribution in [1.82, 2.24) is 9.71 Å². The molecular formula is C13H20ClN3O2S. The van der Waals surface area contributed by atoms with Gasteiger partial charge >= 0.3 is 0 Å². The van der Waals surface area contributed by atoms with E-state index in [2.05, 4.69) is 23.6 Å². The van der Waals surface area contributed by atoms with Crippen molar-refractivity contribution in [1.29, 1.82) is 0 Å². The van der Waals surface area contributed by atoms with E-state index in [0.717, 1.165) is 25.7 Å². The summed E-state index contributed by atoms with van der Waals surface area (Å²) in [6.45, 7) is 4.42. The summed E-state index contributed by atoms with van der Waals surface area (Å²) in [4.78, 5) is 3.84. The molecule has 0 aliphatic heterocycles. The summed E-state index contributed by atoms with van der Waals surface area (Å²) in [5, 5.41) is 0.151. The number of hydrogen-bond acceptors (Lipinski definition) is 4. The van der Waals surface area contributed by atoms with Gasteiger partial charge in [-0.05, 0) is 37.2 Å². The molecule has 0 amide bonds. The third kappa shape index (κ3) is 3.62. The maximum absolute atomic E-state index is 12.3. The molecule has 1 aromatic rings. The predicted molar refractivity (Wildman–Crippen MR) is 80.0 cm³/mol. The van der Waals surface area contributed by atoms with E-state index in [1.807, 2.05) is 0 Å². The molecule has 3 N–H and O–H groups in total. The van der Waals surface area contributed by atoms with Crippen LogP contribution in [0.5, 0.6) is 0 Å². The molecule has 0 spiro atoms. The van der Waals surface area contributed by atoms with Gasteiger partial charge in [-0.2, -0.15) is 0 Å². The van der Waals surface area contributed by atoms with Crippen molar-refractivity contribution in [2.75, 3.05) is 5.73 Å². The van der Waals surface area contributed by atoms with Crippen LogP contribution in [0.15, 0.2) is 17.2 Å². The average molecular weight is 318 g/mol. The first-order chi connectivity index (χ1) is 9.20. The number of halogens is 1. The van der Waals surface area contributed by atoms with Crippen molar-refractivity contribution in [3.8, 4) is 0 Å². The number of aromatic nitrogens is 1. The van der Waals surface area contributed by atoms with Crippen molar-refractivity contribution in [3.63, 3.8) is 0 Å². The molecular weight excluding hydrogens is 298 g/mol. The van der Waals surface area contributed by atoms with Crippen LogP contribution in [0.25, 0.3) is 0 Å². The van der Waals surface area contributed by atoms with Gasteiger partial charge in [0.2, 0.25) is 10.0 Å². The van der Waals surface area contributed by atoms with Crippen molar-refractivity contribution < 1.29 is 8.42 Å². The van der Waals surface area contributed by atoms with Crippen LogP contribution >= 0.6 is 11.6 Å². The Kier molecular flexibility index (Phi) is 4.27. The smallest absolute Gasteiger partial charge is 0.242 e. The Hall–Kier alpha value is -0.850. The quantitative estimate of drug-likeness (QED) is 0.897. The van der Waals surface area contributed by atoms with E-state index in [9.17, 15) is 8.42 Å². The molecule has 0 radical (unpaired) electrons. The highest BCUT2D eigenvalue weighted by atomic mass is 35.5. The molecule has 0 unspecified atom stereocenters. The van der Waals surface area contributed by atoms with Gasteiger partial charge in [0, 0.05) is 12.2 Å². The standard InChI is InChI=1S/C13H20ClN3O2S/c1-13(2)5-3-9(4-6-13)17-20(18,19)10-7-11(14)12(15)16-8-10/h7-9,17H,3-6H2,1-2H3,(H2,15,16). The van der Waals surface area contributed by atoms with Crippen LogP contribution in [0.4, 0.5) is 5.82 Å². The van der Waals surface area contributed by atoms with Crippen molar-refractivity contribution in [2.24, 2.45) is 5.41 Å². The van der Waals surface area contributed by atoms with E-state index in [1.54, 1.807) is 0 Å². The van der Waals surface area contributed by atoms with E-state index in [-0.39, 0.29) is 21.8 Å². The molecule has 112 valence electrons. The maximum Gasteiger partial charge on any atom is 0.242 e. The summed E-state index contributed by atoms with van der Waals surface area (Å²) in [6.07, 6.45) is 4.96. The lowest BCUT2D eigenvalue weighted by Gasteiger charge is -2.34. The Morgan fingerprint density at radius 2 is 2.00 bits per heavy atom. The first-order valence-electron chi connectivity index (χ1n) is 6.63. The van der Waals surface area contributed by atoms with Crippen molar-refractivity contribution in [3.05, 3.63) is 17.3 Å². The molecule has 1 aliphatic rings. The van der Waals surface area contributed by atoms with Crippen LogP contribution in [0.2, 0.25) is 5.02 Å². The molecule has 0 aromatic carbocycles. The molecule has 7 heteroatoms. The molecule has 20 heavy (non-hydrogen) atoms. The lowest BCUT2D eigenvalue weighted by molar-refractivity contribution is 0.218. The van der Waals surface area contributed by atoms with E-state index >= 15 is 0 Å². The molecule has 1 aromatic heterocycles. The minimum absolute atomic E-state index is 0.0237. The van der Waals surface area contributed by atoms with Gasteiger partial charge < -0.3 is 5.73 Å². The van der Waals surface area contributed by atoms with Gasteiger partial charge in [0.1, 0.15) is 10.7 Å². The summed E-state index contributed by atoms with van der Waals surface area (Å²) in [7, 11) is -3.59. The second-order valence-electron chi connectivity index (χ2n) is 6.10. The van der Waals surface area contributed by atoms with E-state index in [4.69, 9.17) is 17.3 Å². The summed E-state index contributed by atoms with van der Waals surface area (Å²) in [6, 6.07) is 1.31. The topological polar surface area (TPSA) is 85.1 Å². The first-order valence-corrected chi connectivity index (χ1v) is 8.49. The summed E-state index contributed by atoms with van der Waals surface area (Å²) in [5.74, 6) is 0.130. The Balaban J connectivity index is 2.10. The highest BCUT2D eigenvalue weighted by molar-refractivity contribution is 7.89. The molecule has 2 rings (SSSR count). The van der Waals surface area contributed by atoms with E-state index < -0.39 is 10.0 Å². The number of nitrogens with one attached hydrogen (secondary N) is 1. The van der Waals surface area contributed by atoms with E-state index in [0.29, 0.717) is 5.41 Å². The summed E-state index contributed by atoms with van der Waals surface area (Å²) >= 11 is 5.82. The van der Waals surface area contributed by atoms with Crippen molar-refractivity contribution >= 4 is 27.4 Å². The largest absolute Gasteiger partial charge is 0.382 e. The number of nitrogens with zero attached hydrogens (tertiary/aromatic N) is 1. The van der Waals surface area contributed by atoms with Crippen LogP contribution < -0.4 is 10.5 Å². The van der Waals surface area contributed by atoms with Gasteiger partial charge in [-0.25, -0.2) is 18.1 Å². The zero-order valence-corrected chi connectivity index (χ0v) is 13.3. The van der Waals surface area contributed by atoms with Crippen LogP contribution in [0, 0.1) is 5.41 Å². The number of pyridine rings is 1. The fraction of sp³-hybridized carbons (Fsp3) is 0.615. The van der Waals surface area contributed by atoms with Crippen LogP contribution in [0.3, 0.4) is 0 Å². The van der Waals surface area contributed by atoms with Gasteiger partial charge in [-0.1, -0.05) is 25.4 Å². The van der Waals surface area contributed by atoms with E-state index in [1.165, 1.54) is 12.3 Å². The molecule has 0 atom stereocenters. The minimum Gasteiger partial charge on any atom is -0.382 e. The molecule has 1 heterocycles. The molecule has 1 saturated carbocycles. The molecule has 5 nitrogen and oxygen atoms in total. The van der Waals surface area contributed by atoms with Gasteiger partial charge in [0.15, 0.2) is 0 Å². The number of sulfonamides is 1. The Morgan fingerprint density at radius 3 is 2.55 bits per heavy atom. The summed E-state index contributed by atoms with van der Waals surface area (Å²) in [5.41, 5.74) is 5.79. The molecule has 1 fully saturated rings. The van der Waals surface area contributed by atoms with Gasteiger partial charge in [-0.3, -0.25) is 0 Å². The Bertz CT molecular complexity index is 592. The Labute approximate surface area is 125 Å². The molecule has 1 aliphatic carbocycles. The zero-order valence-electron chi connectivity index (χ0n) is 11.7. The fourth-order valence-electron chi connectivity index (χ4n) is 2.38. The normalized spacial score (nSPS) is 19.9. The third-order valence-electron chi connectivity index (χ3n) is 3.82. The second-order valence-corrected chi connectivity index (χ2v) is 8.22. The summed E-state index contributed by atoms with van der Waals surface area (Å²) < 4.78 is 27.3. The highest BCUT2D eigenvalue weighted by Gasteiger charge is 2.29. The number of nitrogens with two attached hydrogens (primary N) is 1. The maximum atomic E-state index is 12.3. The third-order valence-corrected chi connectivity index (χ3v) is 5.61. The van der Waals surface area contributed by atoms with Crippen LogP contribution in [0.1, 0.15) is 39.5 Å². The Morgan fingerprint density at radius 1 is 1.40 bits per heavy atom. The minimum atomic E-state index is -3.59. The number of nitrogen functional groups attached to an aromatic ring is 1. The van der Waals surface area contributed by atoms with Gasteiger partial charge in [0.25, 0.3) is 0 Å². The van der Waals surface area contributed by atoms with Gasteiger partial charge in [0.05, 0.1) is 5.02 Å². The lowest BCUT2D eigenvalue weighted by atomic mass is 9.76. The first kappa shape index (κ1) is 15.5. The fourth-order valence-corrected chi connectivity index (χ4v) is 3.89. The monoisotopic (exact) mass is 317 g/mol. The lowest BCUT2D eigenvalue weighted by Crippen LogP contribution is -2.39. The van der Waals surface area contributed by atoms with Gasteiger partial charge in [-0.15, -0.1) is 0 Å². The van der Waals surface area contributed by atoms with Crippen LogP contribution in [-0.2, 0) is 10.0 Å². The molecule has 0 saturated heterocycles.